The minimum Gasteiger partial charge on any atom is -0.497 e. The van der Waals surface area contributed by atoms with E-state index < -0.39 is 0 Å². The quantitative estimate of drug-likeness (QED) is 0.783. The summed E-state index contributed by atoms with van der Waals surface area (Å²) in [6, 6.07) is 4.73. The van der Waals surface area contributed by atoms with Crippen molar-refractivity contribution in [3.63, 3.8) is 0 Å². The maximum absolute atomic E-state index is 13.5. The van der Waals surface area contributed by atoms with Gasteiger partial charge in [0, 0.05) is 18.7 Å². The predicted octanol–water partition coefficient (Wildman–Crippen LogP) is 2.37. The van der Waals surface area contributed by atoms with Gasteiger partial charge in [0.2, 0.25) is 0 Å². The molecule has 1 unspecified atom stereocenters. The highest BCUT2D eigenvalue weighted by Crippen LogP contribution is 2.22. The molecule has 1 rings (SSSR count). The molecule has 16 heavy (non-hydrogen) atoms. The standard InChI is InChI=1S/C12H19FN2O/c1-3-4-9(8-14)15-12-7-10(16-2)5-6-11(12)13/h5-7,9,15H,3-4,8,14H2,1-2H3. The van der Waals surface area contributed by atoms with Crippen molar-refractivity contribution in [1.82, 2.24) is 0 Å². The lowest BCUT2D eigenvalue weighted by molar-refractivity contribution is 0.414. The average Bonchev–Trinajstić information content (AvgIpc) is 2.31. The maximum Gasteiger partial charge on any atom is 0.146 e. The first kappa shape index (κ1) is 12.8. The van der Waals surface area contributed by atoms with E-state index in [0.717, 1.165) is 12.8 Å². The van der Waals surface area contributed by atoms with E-state index in [1.54, 1.807) is 19.2 Å². The highest BCUT2D eigenvalue weighted by atomic mass is 19.1. The number of anilines is 1. The van der Waals surface area contributed by atoms with E-state index >= 15 is 0 Å². The van der Waals surface area contributed by atoms with Gasteiger partial charge in [0.1, 0.15) is 11.6 Å². The van der Waals surface area contributed by atoms with Gasteiger partial charge in [0.05, 0.1) is 12.8 Å². The summed E-state index contributed by atoms with van der Waals surface area (Å²) in [7, 11) is 1.56. The van der Waals surface area contributed by atoms with Crippen LogP contribution in [0.5, 0.6) is 5.75 Å². The topological polar surface area (TPSA) is 47.3 Å². The summed E-state index contributed by atoms with van der Waals surface area (Å²) in [5.41, 5.74) is 6.06. The van der Waals surface area contributed by atoms with Gasteiger partial charge in [-0.1, -0.05) is 13.3 Å². The Morgan fingerprint density at radius 3 is 2.81 bits per heavy atom. The van der Waals surface area contributed by atoms with Crippen LogP contribution in [0.1, 0.15) is 19.8 Å². The van der Waals surface area contributed by atoms with Gasteiger partial charge in [0.15, 0.2) is 0 Å². The fourth-order valence-corrected chi connectivity index (χ4v) is 1.56. The fourth-order valence-electron chi connectivity index (χ4n) is 1.56. The van der Waals surface area contributed by atoms with Crippen molar-refractivity contribution < 1.29 is 9.13 Å². The number of benzene rings is 1. The summed E-state index contributed by atoms with van der Waals surface area (Å²) in [4.78, 5) is 0. The molecule has 0 aliphatic rings. The molecule has 0 saturated carbocycles. The monoisotopic (exact) mass is 226 g/mol. The molecule has 0 bridgehead atoms. The van der Waals surface area contributed by atoms with Crippen molar-refractivity contribution >= 4 is 5.69 Å². The molecule has 1 aromatic carbocycles. The Hall–Kier alpha value is -1.29. The largest absolute Gasteiger partial charge is 0.497 e. The Balaban J connectivity index is 2.77. The fraction of sp³-hybridized carbons (Fsp3) is 0.500. The number of nitrogens with two attached hydrogens (primary N) is 1. The summed E-state index contributed by atoms with van der Waals surface area (Å²) >= 11 is 0. The van der Waals surface area contributed by atoms with Crippen LogP contribution < -0.4 is 15.8 Å². The zero-order valence-corrected chi connectivity index (χ0v) is 9.79. The van der Waals surface area contributed by atoms with Crippen LogP contribution in [0, 0.1) is 5.82 Å². The molecule has 0 amide bonds. The molecule has 0 fully saturated rings. The molecular weight excluding hydrogens is 207 g/mol. The second kappa shape index (κ2) is 6.33. The zero-order chi connectivity index (χ0) is 12.0. The highest BCUT2D eigenvalue weighted by molar-refractivity contribution is 5.50. The first-order chi connectivity index (χ1) is 7.71. The van der Waals surface area contributed by atoms with Gasteiger partial charge in [-0.05, 0) is 18.6 Å². The zero-order valence-electron chi connectivity index (χ0n) is 9.79. The molecule has 3 N–H and O–H groups in total. The third kappa shape index (κ3) is 3.38. The minimum atomic E-state index is -0.282. The van der Waals surface area contributed by atoms with Gasteiger partial charge >= 0.3 is 0 Å². The SMILES string of the molecule is CCCC(CN)Nc1cc(OC)ccc1F. The first-order valence-corrected chi connectivity index (χ1v) is 5.51. The van der Waals surface area contributed by atoms with E-state index in [0.29, 0.717) is 18.0 Å². The van der Waals surface area contributed by atoms with Crippen molar-refractivity contribution in [2.75, 3.05) is 19.0 Å². The van der Waals surface area contributed by atoms with Crippen LogP contribution in [0.3, 0.4) is 0 Å². The molecule has 0 aromatic heterocycles. The Bertz CT molecular complexity index is 331. The highest BCUT2D eigenvalue weighted by Gasteiger charge is 2.09. The molecule has 0 saturated heterocycles. The lowest BCUT2D eigenvalue weighted by atomic mass is 10.1. The molecule has 1 aromatic rings. The Kier molecular flexibility index (Phi) is 5.05. The van der Waals surface area contributed by atoms with Crippen LogP contribution in [0.2, 0.25) is 0 Å². The lowest BCUT2D eigenvalue weighted by Crippen LogP contribution is -2.28. The number of hydrogen-bond donors (Lipinski definition) is 2. The third-order valence-electron chi connectivity index (χ3n) is 2.45. The number of ether oxygens (including phenoxy) is 1. The third-order valence-corrected chi connectivity index (χ3v) is 2.45. The van der Waals surface area contributed by atoms with Crippen molar-refractivity contribution in [3.05, 3.63) is 24.0 Å². The number of halogens is 1. The minimum absolute atomic E-state index is 0.103. The summed E-state index contributed by atoms with van der Waals surface area (Å²) in [5, 5.41) is 3.09. The number of hydrogen-bond acceptors (Lipinski definition) is 3. The summed E-state index contributed by atoms with van der Waals surface area (Å²) in [5.74, 6) is 0.353. The first-order valence-electron chi connectivity index (χ1n) is 5.51. The predicted molar refractivity (Wildman–Crippen MR) is 64.3 cm³/mol. The molecule has 0 spiro atoms. The molecule has 1 atom stereocenters. The molecule has 4 heteroatoms. The van der Waals surface area contributed by atoms with Crippen molar-refractivity contribution in [2.24, 2.45) is 5.73 Å². The lowest BCUT2D eigenvalue weighted by Gasteiger charge is -2.18. The summed E-state index contributed by atoms with van der Waals surface area (Å²) in [6.07, 6.45) is 1.94. The number of nitrogens with one attached hydrogen (secondary N) is 1. The van der Waals surface area contributed by atoms with Crippen LogP contribution in [0.4, 0.5) is 10.1 Å². The van der Waals surface area contributed by atoms with Gasteiger partial charge in [0.25, 0.3) is 0 Å². The van der Waals surface area contributed by atoms with E-state index in [1.807, 2.05) is 0 Å². The average molecular weight is 226 g/mol. The maximum atomic E-state index is 13.5. The van der Waals surface area contributed by atoms with E-state index in [9.17, 15) is 4.39 Å². The van der Waals surface area contributed by atoms with E-state index in [1.165, 1.54) is 6.07 Å². The van der Waals surface area contributed by atoms with Crippen LogP contribution >= 0.6 is 0 Å². The molecule has 0 heterocycles. The van der Waals surface area contributed by atoms with Gasteiger partial charge in [-0.3, -0.25) is 0 Å². The van der Waals surface area contributed by atoms with Crippen LogP contribution in [0.25, 0.3) is 0 Å². The van der Waals surface area contributed by atoms with Gasteiger partial charge in [-0.15, -0.1) is 0 Å². The van der Waals surface area contributed by atoms with Gasteiger partial charge < -0.3 is 15.8 Å². The van der Waals surface area contributed by atoms with Gasteiger partial charge in [-0.2, -0.15) is 0 Å². The Morgan fingerprint density at radius 2 is 2.25 bits per heavy atom. The van der Waals surface area contributed by atoms with Crippen LogP contribution in [0.15, 0.2) is 18.2 Å². The Morgan fingerprint density at radius 1 is 1.50 bits per heavy atom. The molecule has 90 valence electrons. The molecule has 0 aliphatic carbocycles. The van der Waals surface area contributed by atoms with Crippen molar-refractivity contribution in [2.45, 2.75) is 25.8 Å². The molecular formula is C12H19FN2O. The van der Waals surface area contributed by atoms with Crippen molar-refractivity contribution in [1.29, 1.82) is 0 Å². The van der Waals surface area contributed by atoms with Crippen LogP contribution in [-0.4, -0.2) is 19.7 Å². The number of rotatable bonds is 6. The molecule has 3 nitrogen and oxygen atoms in total. The van der Waals surface area contributed by atoms with E-state index in [4.69, 9.17) is 10.5 Å². The molecule has 0 aliphatic heterocycles. The normalized spacial score (nSPS) is 12.2. The second-order valence-corrected chi connectivity index (χ2v) is 3.71. The Labute approximate surface area is 95.8 Å². The van der Waals surface area contributed by atoms with Crippen molar-refractivity contribution in [3.8, 4) is 5.75 Å². The second-order valence-electron chi connectivity index (χ2n) is 3.71. The van der Waals surface area contributed by atoms with E-state index in [2.05, 4.69) is 12.2 Å². The number of methoxy groups -OCH3 is 1. The summed E-state index contributed by atoms with van der Waals surface area (Å²) < 4.78 is 18.5. The smallest absolute Gasteiger partial charge is 0.146 e. The molecule has 0 radical (unpaired) electrons. The van der Waals surface area contributed by atoms with Gasteiger partial charge in [-0.25, -0.2) is 4.39 Å². The van der Waals surface area contributed by atoms with E-state index in [-0.39, 0.29) is 11.9 Å². The van der Waals surface area contributed by atoms with Crippen LogP contribution in [-0.2, 0) is 0 Å². The summed E-state index contributed by atoms with van der Waals surface area (Å²) in [6.45, 7) is 2.57.